The first-order valence-corrected chi connectivity index (χ1v) is 3.72. The maximum absolute atomic E-state index is 9.37. The maximum Gasteiger partial charge on any atom is 0.166 e. The Balaban J connectivity index is 3.35. The molecule has 0 unspecified atom stereocenters. The molecule has 0 amide bonds. The van der Waals surface area contributed by atoms with E-state index >= 15 is 0 Å². The van der Waals surface area contributed by atoms with Gasteiger partial charge in [0.25, 0.3) is 0 Å². The molecule has 0 aromatic heterocycles. The predicted octanol–water partition coefficient (Wildman–Crippen LogP) is 1.53. The van der Waals surface area contributed by atoms with Crippen LogP contribution in [0.1, 0.15) is 5.56 Å². The fraction of sp³-hybridized carbons (Fsp3) is 0. The van der Waals surface area contributed by atoms with E-state index in [0.29, 0.717) is 0 Å². The molecule has 1 aromatic rings. The van der Waals surface area contributed by atoms with Crippen molar-refractivity contribution in [3.8, 4) is 23.6 Å². The summed E-state index contributed by atoms with van der Waals surface area (Å²) in [7, 11) is 0. The quantitative estimate of drug-likeness (QED) is 0.514. The molecule has 0 heterocycles. The van der Waals surface area contributed by atoms with Gasteiger partial charge in [-0.15, -0.1) is 0 Å². The summed E-state index contributed by atoms with van der Waals surface area (Å²) >= 11 is 0. The molecule has 0 bridgehead atoms. The highest BCUT2D eigenvalue weighted by molar-refractivity contribution is 5.82. The smallest absolute Gasteiger partial charge is 0.166 e. The van der Waals surface area contributed by atoms with Crippen molar-refractivity contribution >= 4 is 5.57 Å². The summed E-state index contributed by atoms with van der Waals surface area (Å²) in [5, 5.41) is 35.5. The van der Waals surface area contributed by atoms with Crippen molar-refractivity contribution < 1.29 is 10.2 Å². The Morgan fingerprint density at radius 3 is 2.57 bits per heavy atom. The highest BCUT2D eigenvalue weighted by atomic mass is 16.3. The highest BCUT2D eigenvalue weighted by Gasteiger charge is 2.09. The minimum absolute atomic E-state index is 0.0147. The number of nitrogens with zero attached hydrogens (tertiary/aromatic N) is 2. The topological polar surface area (TPSA) is 88.0 Å². The van der Waals surface area contributed by atoms with E-state index in [9.17, 15) is 5.11 Å². The summed E-state index contributed by atoms with van der Waals surface area (Å²) in [6.07, 6.45) is 1.01. The number of hydrogen-bond acceptors (Lipinski definition) is 4. The maximum atomic E-state index is 9.37. The second-order valence-electron chi connectivity index (χ2n) is 2.47. The molecule has 14 heavy (non-hydrogen) atoms. The molecule has 1 aromatic carbocycles. The number of allylic oxidation sites excluding steroid dienone is 2. The zero-order chi connectivity index (χ0) is 10.6. The van der Waals surface area contributed by atoms with E-state index in [1.54, 1.807) is 12.1 Å². The number of rotatable bonds is 1. The normalized spacial score (nSPS) is 10.3. The number of aromatic hydroxyl groups is 2. The van der Waals surface area contributed by atoms with Crippen LogP contribution >= 0.6 is 0 Å². The first kappa shape index (κ1) is 9.63. The Morgan fingerprint density at radius 2 is 2.00 bits per heavy atom. The number of nitriles is 2. The van der Waals surface area contributed by atoms with E-state index < -0.39 is 5.75 Å². The predicted molar refractivity (Wildman–Crippen MR) is 49.0 cm³/mol. The van der Waals surface area contributed by atoms with Crippen LogP contribution in [0.5, 0.6) is 11.5 Å². The second kappa shape index (κ2) is 3.97. The number of para-hydroxylation sites is 1. The van der Waals surface area contributed by atoms with Crippen LogP contribution in [0.3, 0.4) is 0 Å². The molecule has 0 aliphatic carbocycles. The van der Waals surface area contributed by atoms with Crippen LogP contribution in [-0.2, 0) is 0 Å². The molecule has 0 spiro atoms. The lowest BCUT2D eigenvalue weighted by atomic mass is 10.1. The minimum atomic E-state index is -0.393. The molecule has 0 fully saturated rings. The zero-order valence-corrected chi connectivity index (χ0v) is 7.10. The molecule has 68 valence electrons. The number of phenolic OH excluding ortho intramolecular Hbond substituents is 2. The minimum Gasteiger partial charge on any atom is -0.504 e. The van der Waals surface area contributed by atoms with E-state index in [0.717, 1.165) is 6.08 Å². The zero-order valence-electron chi connectivity index (χ0n) is 7.10. The molecule has 0 aliphatic rings. The molecule has 0 saturated carbocycles. The first-order valence-electron chi connectivity index (χ1n) is 3.72. The van der Waals surface area contributed by atoms with Gasteiger partial charge in [-0.3, -0.25) is 0 Å². The Hall–Kier alpha value is -2.46. The van der Waals surface area contributed by atoms with E-state index in [1.807, 2.05) is 0 Å². The molecule has 0 aliphatic heterocycles. The van der Waals surface area contributed by atoms with Crippen molar-refractivity contribution in [2.45, 2.75) is 0 Å². The molecule has 1 rings (SSSR count). The Kier molecular flexibility index (Phi) is 2.73. The molecule has 0 radical (unpaired) electrons. The molecular formula is C10H6N2O2. The van der Waals surface area contributed by atoms with Gasteiger partial charge in [-0.1, -0.05) is 6.07 Å². The molecular weight excluding hydrogens is 180 g/mol. The van der Waals surface area contributed by atoms with Gasteiger partial charge in [-0.2, -0.15) is 10.5 Å². The molecule has 0 atom stereocenters. The fourth-order valence-electron chi connectivity index (χ4n) is 0.983. The van der Waals surface area contributed by atoms with Gasteiger partial charge in [0.1, 0.15) is 6.07 Å². The SMILES string of the molecule is N#C/C=C(\C#N)c1cccc(O)c1O. The van der Waals surface area contributed by atoms with Crippen molar-refractivity contribution in [3.63, 3.8) is 0 Å². The van der Waals surface area contributed by atoms with Crippen LogP contribution in [0.25, 0.3) is 5.57 Å². The Morgan fingerprint density at radius 1 is 1.29 bits per heavy atom. The Bertz CT molecular complexity index is 464. The molecule has 4 nitrogen and oxygen atoms in total. The number of phenols is 2. The summed E-state index contributed by atoms with van der Waals surface area (Å²) in [5.41, 5.74) is 0.162. The van der Waals surface area contributed by atoms with Crippen LogP contribution in [-0.4, -0.2) is 10.2 Å². The van der Waals surface area contributed by atoms with Gasteiger partial charge in [0.15, 0.2) is 11.5 Å². The van der Waals surface area contributed by atoms with Crippen LogP contribution in [0.15, 0.2) is 24.3 Å². The highest BCUT2D eigenvalue weighted by Crippen LogP contribution is 2.32. The standard InChI is InChI=1S/C10H6N2O2/c11-5-4-7(6-12)8-2-1-3-9(13)10(8)14/h1-4,13-14H/b7-4+. The molecule has 4 heteroatoms. The monoisotopic (exact) mass is 186 g/mol. The van der Waals surface area contributed by atoms with Gasteiger partial charge in [0.05, 0.1) is 11.6 Å². The average molecular weight is 186 g/mol. The second-order valence-corrected chi connectivity index (χ2v) is 2.47. The van der Waals surface area contributed by atoms with Crippen LogP contribution in [0, 0.1) is 22.7 Å². The third-order valence-electron chi connectivity index (χ3n) is 1.63. The fourth-order valence-corrected chi connectivity index (χ4v) is 0.983. The summed E-state index contributed by atoms with van der Waals surface area (Å²) in [6.45, 7) is 0. The third kappa shape index (κ3) is 1.65. The van der Waals surface area contributed by atoms with E-state index in [4.69, 9.17) is 15.6 Å². The van der Waals surface area contributed by atoms with E-state index in [-0.39, 0.29) is 16.9 Å². The van der Waals surface area contributed by atoms with Gasteiger partial charge >= 0.3 is 0 Å². The molecule has 0 saturated heterocycles. The van der Waals surface area contributed by atoms with E-state index in [2.05, 4.69) is 0 Å². The summed E-state index contributed by atoms with van der Waals surface area (Å²) in [5.74, 6) is -0.711. The van der Waals surface area contributed by atoms with Crippen LogP contribution in [0.2, 0.25) is 0 Å². The van der Waals surface area contributed by atoms with Gasteiger partial charge in [0.2, 0.25) is 0 Å². The van der Waals surface area contributed by atoms with Crippen molar-refractivity contribution in [3.05, 3.63) is 29.8 Å². The average Bonchev–Trinajstić information content (AvgIpc) is 2.19. The van der Waals surface area contributed by atoms with E-state index in [1.165, 1.54) is 18.2 Å². The van der Waals surface area contributed by atoms with Gasteiger partial charge in [-0.25, -0.2) is 0 Å². The van der Waals surface area contributed by atoms with Gasteiger partial charge < -0.3 is 10.2 Å². The third-order valence-corrected chi connectivity index (χ3v) is 1.63. The summed E-state index contributed by atoms with van der Waals surface area (Å²) in [6, 6.07) is 7.66. The summed E-state index contributed by atoms with van der Waals surface area (Å²) in [4.78, 5) is 0. The van der Waals surface area contributed by atoms with Gasteiger partial charge in [-0.05, 0) is 12.1 Å². The molecule has 2 N–H and O–H groups in total. The van der Waals surface area contributed by atoms with Crippen LogP contribution < -0.4 is 0 Å². The largest absolute Gasteiger partial charge is 0.504 e. The van der Waals surface area contributed by atoms with Gasteiger partial charge in [0, 0.05) is 11.6 Å². The Labute approximate surface area is 80.6 Å². The van der Waals surface area contributed by atoms with Crippen molar-refractivity contribution in [2.75, 3.05) is 0 Å². The summed E-state index contributed by atoms with van der Waals surface area (Å²) < 4.78 is 0. The van der Waals surface area contributed by atoms with Crippen LogP contribution in [0.4, 0.5) is 0 Å². The number of hydrogen-bond donors (Lipinski definition) is 2. The van der Waals surface area contributed by atoms with Crippen molar-refractivity contribution in [1.29, 1.82) is 10.5 Å². The van der Waals surface area contributed by atoms with Crippen molar-refractivity contribution in [2.24, 2.45) is 0 Å². The number of benzene rings is 1. The lowest BCUT2D eigenvalue weighted by molar-refractivity contribution is 0.403. The lowest BCUT2D eigenvalue weighted by Crippen LogP contribution is -1.82. The first-order chi connectivity index (χ1) is 6.70. The lowest BCUT2D eigenvalue weighted by Gasteiger charge is -2.02. The van der Waals surface area contributed by atoms with Crippen molar-refractivity contribution in [1.82, 2.24) is 0 Å².